The van der Waals surface area contributed by atoms with Crippen LogP contribution in [0.25, 0.3) is 0 Å². The quantitative estimate of drug-likeness (QED) is 0.351. The van der Waals surface area contributed by atoms with Crippen LogP contribution in [-0.2, 0) is 19.1 Å². The van der Waals surface area contributed by atoms with Gasteiger partial charge in [-0.15, -0.1) is 0 Å². The molecule has 0 aromatic carbocycles. The number of amides is 1. The second-order valence-corrected chi connectivity index (χ2v) is 4.61. The van der Waals surface area contributed by atoms with Gasteiger partial charge in [0.15, 0.2) is 0 Å². The van der Waals surface area contributed by atoms with E-state index in [0.29, 0.717) is 0 Å². The third kappa shape index (κ3) is 6.19. The number of esters is 1. The molecule has 0 radical (unpaired) electrons. The van der Waals surface area contributed by atoms with Gasteiger partial charge in [0.2, 0.25) is 6.23 Å². The maximum absolute atomic E-state index is 11.6. The van der Waals surface area contributed by atoms with E-state index in [0.717, 1.165) is 19.3 Å². The van der Waals surface area contributed by atoms with Crippen LogP contribution < -0.4 is 11.1 Å². The standard InChI is InChI=1S/C11H20N2O5/c1-4-5-6-11(2,3)13-8(14)7(12)18-10(17)9(15)16/h7H,4-6,12H2,1-3H3,(H,13,14)(H,15,16). The lowest BCUT2D eigenvalue weighted by molar-refractivity contribution is -0.169. The molecule has 0 aliphatic heterocycles. The minimum atomic E-state index is -1.79. The number of hydrogen-bond donors (Lipinski definition) is 3. The Labute approximate surface area is 106 Å². The molecule has 104 valence electrons. The van der Waals surface area contributed by atoms with Crippen LogP contribution in [0, 0.1) is 0 Å². The van der Waals surface area contributed by atoms with Crippen LogP contribution in [0.3, 0.4) is 0 Å². The summed E-state index contributed by atoms with van der Waals surface area (Å²) in [6.07, 6.45) is 1.04. The molecule has 18 heavy (non-hydrogen) atoms. The van der Waals surface area contributed by atoms with E-state index in [1.807, 2.05) is 20.8 Å². The number of carboxylic acid groups (broad SMARTS) is 1. The van der Waals surface area contributed by atoms with Gasteiger partial charge in [-0.25, -0.2) is 9.59 Å². The van der Waals surface area contributed by atoms with E-state index in [1.165, 1.54) is 0 Å². The molecule has 0 bridgehead atoms. The fraction of sp³-hybridized carbons (Fsp3) is 0.727. The zero-order valence-electron chi connectivity index (χ0n) is 10.9. The molecule has 4 N–H and O–H groups in total. The lowest BCUT2D eigenvalue weighted by atomic mass is 9.97. The van der Waals surface area contributed by atoms with E-state index in [-0.39, 0.29) is 0 Å². The highest BCUT2D eigenvalue weighted by Crippen LogP contribution is 2.12. The Bertz CT molecular complexity index is 327. The number of hydrogen-bond acceptors (Lipinski definition) is 5. The van der Waals surface area contributed by atoms with Crippen molar-refractivity contribution in [2.24, 2.45) is 5.73 Å². The predicted octanol–water partition coefficient (Wildman–Crippen LogP) is -0.0160. The van der Waals surface area contributed by atoms with Gasteiger partial charge in [-0.1, -0.05) is 19.8 Å². The predicted molar refractivity (Wildman–Crippen MR) is 63.4 cm³/mol. The molecule has 7 heteroatoms. The summed E-state index contributed by atoms with van der Waals surface area (Å²) in [5.74, 6) is -4.06. The molecule has 0 heterocycles. The second kappa shape index (κ2) is 6.95. The van der Waals surface area contributed by atoms with Gasteiger partial charge in [0.25, 0.3) is 5.91 Å². The molecule has 0 fully saturated rings. The molecule has 7 nitrogen and oxygen atoms in total. The highest BCUT2D eigenvalue weighted by atomic mass is 16.6. The lowest BCUT2D eigenvalue weighted by Gasteiger charge is -2.27. The van der Waals surface area contributed by atoms with Gasteiger partial charge in [-0.2, -0.15) is 0 Å². The summed E-state index contributed by atoms with van der Waals surface area (Å²) in [6, 6.07) is 0. The van der Waals surface area contributed by atoms with Gasteiger partial charge in [0.05, 0.1) is 0 Å². The molecule has 0 rings (SSSR count). The smallest absolute Gasteiger partial charge is 0.419 e. The van der Waals surface area contributed by atoms with Crippen LogP contribution in [0.5, 0.6) is 0 Å². The van der Waals surface area contributed by atoms with Crippen LogP contribution in [0.4, 0.5) is 0 Å². The number of nitrogens with one attached hydrogen (secondary N) is 1. The zero-order chi connectivity index (χ0) is 14.3. The summed E-state index contributed by atoms with van der Waals surface area (Å²) in [4.78, 5) is 32.5. The number of aliphatic carboxylic acids is 1. The first kappa shape index (κ1) is 16.4. The van der Waals surface area contributed by atoms with E-state index in [2.05, 4.69) is 10.1 Å². The summed E-state index contributed by atoms with van der Waals surface area (Å²) in [6.45, 7) is 5.65. The average Bonchev–Trinajstić information content (AvgIpc) is 2.25. The maximum Gasteiger partial charge on any atom is 0.419 e. The molecular formula is C11H20N2O5. The van der Waals surface area contributed by atoms with Crippen molar-refractivity contribution < 1.29 is 24.2 Å². The van der Waals surface area contributed by atoms with E-state index in [9.17, 15) is 14.4 Å². The van der Waals surface area contributed by atoms with E-state index < -0.39 is 29.6 Å². The van der Waals surface area contributed by atoms with Crippen molar-refractivity contribution in [3.63, 3.8) is 0 Å². The molecule has 0 aromatic rings. The summed E-state index contributed by atoms with van der Waals surface area (Å²) in [5.41, 5.74) is 4.79. The minimum absolute atomic E-state index is 0.486. The van der Waals surface area contributed by atoms with Gasteiger partial charge in [0, 0.05) is 5.54 Å². The average molecular weight is 260 g/mol. The third-order valence-electron chi connectivity index (χ3n) is 2.28. The van der Waals surface area contributed by atoms with Crippen LogP contribution in [-0.4, -0.2) is 34.7 Å². The molecule has 1 amide bonds. The Morgan fingerprint density at radius 1 is 1.39 bits per heavy atom. The van der Waals surface area contributed by atoms with Gasteiger partial charge in [0.1, 0.15) is 0 Å². The lowest BCUT2D eigenvalue weighted by Crippen LogP contribution is -2.52. The number of rotatable bonds is 6. The van der Waals surface area contributed by atoms with E-state index in [1.54, 1.807) is 0 Å². The highest BCUT2D eigenvalue weighted by molar-refractivity contribution is 6.28. The van der Waals surface area contributed by atoms with Crippen LogP contribution in [0.2, 0.25) is 0 Å². The molecule has 1 atom stereocenters. The number of carbonyl (C=O) groups is 3. The Balaban J connectivity index is 4.30. The molecule has 0 saturated carbocycles. The van der Waals surface area contributed by atoms with Crippen molar-refractivity contribution in [3.05, 3.63) is 0 Å². The van der Waals surface area contributed by atoms with Gasteiger partial charge >= 0.3 is 11.9 Å². The maximum atomic E-state index is 11.6. The van der Waals surface area contributed by atoms with E-state index >= 15 is 0 Å². The zero-order valence-corrected chi connectivity index (χ0v) is 10.9. The normalized spacial score (nSPS) is 12.7. The fourth-order valence-corrected chi connectivity index (χ4v) is 1.31. The van der Waals surface area contributed by atoms with Gasteiger partial charge < -0.3 is 15.2 Å². The SMILES string of the molecule is CCCCC(C)(C)NC(=O)C(N)OC(=O)C(=O)O. The number of nitrogens with two attached hydrogens (primary N) is 1. The first-order valence-corrected chi connectivity index (χ1v) is 5.71. The monoisotopic (exact) mass is 260 g/mol. The Hall–Kier alpha value is -1.63. The third-order valence-corrected chi connectivity index (χ3v) is 2.28. The Morgan fingerprint density at radius 2 is 1.94 bits per heavy atom. The minimum Gasteiger partial charge on any atom is -0.473 e. The van der Waals surface area contributed by atoms with Gasteiger partial charge in [-0.3, -0.25) is 10.5 Å². The molecule has 0 aliphatic rings. The van der Waals surface area contributed by atoms with Crippen molar-refractivity contribution in [2.45, 2.75) is 51.8 Å². The van der Waals surface area contributed by atoms with Crippen LogP contribution >= 0.6 is 0 Å². The number of carbonyl (C=O) groups excluding carboxylic acids is 2. The van der Waals surface area contributed by atoms with Crippen LogP contribution in [0.1, 0.15) is 40.0 Å². The first-order valence-electron chi connectivity index (χ1n) is 5.71. The van der Waals surface area contributed by atoms with Gasteiger partial charge in [-0.05, 0) is 20.3 Å². The number of unbranched alkanes of at least 4 members (excludes halogenated alkanes) is 1. The topological polar surface area (TPSA) is 119 Å². The Kier molecular flexibility index (Phi) is 6.32. The van der Waals surface area contributed by atoms with Crippen molar-refractivity contribution in [2.75, 3.05) is 0 Å². The highest BCUT2D eigenvalue weighted by Gasteiger charge is 2.27. The first-order chi connectivity index (χ1) is 8.19. The summed E-state index contributed by atoms with van der Waals surface area (Å²) in [5, 5.41) is 10.9. The summed E-state index contributed by atoms with van der Waals surface area (Å²) < 4.78 is 4.25. The number of ether oxygens (including phenoxy) is 1. The van der Waals surface area contributed by atoms with Crippen LogP contribution in [0.15, 0.2) is 0 Å². The molecule has 0 saturated heterocycles. The Morgan fingerprint density at radius 3 is 2.39 bits per heavy atom. The largest absolute Gasteiger partial charge is 0.473 e. The second-order valence-electron chi connectivity index (χ2n) is 4.61. The van der Waals surface area contributed by atoms with Crippen molar-refractivity contribution in [1.29, 1.82) is 0 Å². The van der Waals surface area contributed by atoms with Crippen molar-refractivity contribution >= 4 is 17.8 Å². The number of carboxylic acids is 1. The van der Waals surface area contributed by atoms with Crippen molar-refractivity contribution in [3.8, 4) is 0 Å². The molecule has 0 aromatic heterocycles. The molecule has 1 unspecified atom stereocenters. The summed E-state index contributed by atoms with van der Waals surface area (Å²) in [7, 11) is 0. The molecule has 0 aliphatic carbocycles. The van der Waals surface area contributed by atoms with Crippen molar-refractivity contribution in [1.82, 2.24) is 5.32 Å². The molecule has 0 spiro atoms. The fourth-order valence-electron chi connectivity index (χ4n) is 1.31. The van der Waals surface area contributed by atoms with E-state index in [4.69, 9.17) is 10.8 Å². The summed E-state index contributed by atoms with van der Waals surface area (Å²) >= 11 is 0. The molecular weight excluding hydrogens is 240 g/mol.